The normalized spacial score (nSPS) is 24.2. The molecule has 2 heterocycles. The van der Waals surface area contributed by atoms with Crippen molar-refractivity contribution in [1.29, 1.82) is 0 Å². The average molecular weight is 504 g/mol. The minimum atomic E-state index is -1.81. The molecule has 0 aromatic carbocycles. The summed E-state index contributed by atoms with van der Waals surface area (Å²) in [6.45, 7) is 3.43. The van der Waals surface area contributed by atoms with E-state index in [1.807, 2.05) is 13.8 Å². The largest absolute Gasteiger partial charge is 0.462 e. The molecule has 1 saturated heterocycles. The Bertz CT molecular complexity index is 869. The second-order valence-electron chi connectivity index (χ2n) is 8.57. The molecule has 1 aromatic rings. The van der Waals surface area contributed by atoms with Crippen LogP contribution in [0, 0.1) is 0 Å². The predicted octanol–water partition coefficient (Wildman–Crippen LogP) is 3.16. The van der Waals surface area contributed by atoms with Crippen molar-refractivity contribution in [2.75, 3.05) is 18.2 Å². The summed E-state index contributed by atoms with van der Waals surface area (Å²) in [5, 5.41) is 0. The molecule has 1 aliphatic rings. The van der Waals surface area contributed by atoms with E-state index in [9.17, 15) is 14.4 Å². The Labute approximate surface area is 204 Å². The summed E-state index contributed by atoms with van der Waals surface area (Å²) in [6.07, 6.45) is 2.17. The van der Waals surface area contributed by atoms with Crippen LogP contribution in [0.3, 0.4) is 0 Å². The fourth-order valence-corrected chi connectivity index (χ4v) is 4.07. The van der Waals surface area contributed by atoms with Gasteiger partial charge in [-0.15, -0.1) is 11.6 Å². The van der Waals surface area contributed by atoms with E-state index in [-0.39, 0.29) is 37.7 Å². The molecule has 1 aliphatic heterocycles. The SMILES string of the molecule is CCCCCC(=O)OC[C@@]1(CCl)O[C@@H](Cn2ccc(N)nc2=O)[C@H](F)[C@@H]1OC(=O)CCCCC. The van der Waals surface area contributed by atoms with Gasteiger partial charge in [-0.3, -0.25) is 14.2 Å². The monoisotopic (exact) mass is 503 g/mol. The first-order chi connectivity index (χ1) is 16.3. The van der Waals surface area contributed by atoms with Gasteiger partial charge in [0.1, 0.15) is 18.5 Å². The third-order valence-electron chi connectivity index (χ3n) is 5.75. The van der Waals surface area contributed by atoms with Gasteiger partial charge in [-0.2, -0.15) is 4.98 Å². The molecule has 1 aromatic heterocycles. The highest BCUT2D eigenvalue weighted by Crippen LogP contribution is 2.38. The Morgan fingerprint density at radius 2 is 1.85 bits per heavy atom. The Hall–Kier alpha value is -2.20. The van der Waals surface area contributed by atoms with Crippen molar-refractivity contribution in [2.45, 2.75) is 95.7 Å². The van der Waals surface area contributed by atoms with Crippen LogP contribution in [0.15, 0.2) is 17.1 Å². The maximum Gasteiger partial charge on any atom is 0.349 e. The van der Waals surface area contributed by atoms with Crippen LogP contribution in [0.5, 0.6) is 0 Å². The van der Waals surface area contributed by atoms with E-state index in [4.69, 9.17) is 31.5 Å². The quantitative estimate of drug-likeness (QED) is 0.233. The number of halogens is 2. The maximum absolute atomic E-state index is 15.6. The summed E-state index contributed by atoms with van der Waals surface area (Å²) in [4.78, 5) is 40.3. The van der Waals surface area contributed by atoms with E-state index < -0.39 is 41.6 Å². The molecular formula is C23H35ClFN3O6. The highest BCUT2D eigenvalue weighted by atomic mass is 35.5. The van der Waals surface area contributed by atoms with Crippen molar-refractivity contribution in [3.8, 4) is 0 Å². The Balaban J connectivity index is 2.19. The topological polar surface area (TPSA) is 123 Å². The lowest BCUT2D eigenvalue weighted by Gasteiger charge is -2.31. The molecule has 1 fully saturated rings. The molecule has 4 atom stereocenters. The van der Waals surface area contributed by atoms with Crippen LogP contribution in [0.4, 0.5) is 10.2 Å². The van der Waals surface area contributed by atoms with Gasteiger partial charge in [-0.25, -0.2) is 9.18 Å². The van der Waals surface area contributed by atoms with Crippen molar-refractivity contribution in [3.63, 3.8) is 0 Å². The van der Waals surface area contributed by atoms with Crippen LogP contribution in [0.25, 0.3) is 0 Å². The number of unbranched alkanes of at least 4 members (excludes halogenated alkanes) is 4. The van der Waals surface area contributed by atoms with Crippen molar-refractivity contribution < 1.29 is 28.2 Å². The lowest BCUT2D eigenvalue weighted by atomic mass is 9.97. The summed E-state index contributed by atoms with van der Waals surface area (Å²) in [5.74, 6) is -1.30. The number of hydrogen-bond acceptors (Lipinski definition) is 8. The Morgan fingerprint density at radius 1 is 1.21 bits per heavy atom. The van der Waals surface area contributed by atoms with E-state index in [1.54, 1.807) is 0 Å². The van der Waals surface area contributed by atoms with Crippen LogP contribution in [0.1, 0.15) is 65.2 Å². The smallest absolute Gasteiger partial charge is 0.349 e. The minimum absolute atomic E-state index is 0.0364. The number of carbonyl (C=O) groups excluding carboxylic acids is 2. The number of hydrogen-bond donors (Lipinski definition) is 1. The number of nitrogens with two attached hydrogens (primary N) is 1. The molecule has 192 valence electrons. The van der Waals surface area contributed by atoms with E-state index >= 15 is 4.39 Å². The van der Waals surface area contributed by atoms with Gasteiger partial charge in [-0.1, -0.05) is 39.5 Å². The lowest BCUT2D eigenvalue weighted by Crippen LogP contribution is -2.50. The third-order valence-corrected chi connectivity index (χ3v) is 6.20. The number of anilines is 1. The number of carbonyl (C=O) groups is 2. The van der Waals surface area contributed by atoms with Gasteiger partial charge in [0.2, 0.25) is 0 Å². The molecule has 2 rings (SSSR count). The van der Waals surface area contributed by atoms with E-state index in [1.165, 1.54) is 12.3 Å². The second-order valence-corrected chi connectivity index (χ2v) is 8.84. The molecule has 0 saturated carbocycles. The van der Waals surface area contributed by atoms with Crippen molar-refractivity contribution in [3.05, 3.63) is 22.7 Å². The number of esters is 2. The van der Waals surface area contributed by atoms with Gasteiger partial charge in [0.15, 0.2) is 17.9 Å². The van der Waals surface area contributed by atoms with E-state index in [2.05, 4.69) is 4.98 Å². The molecule has 11 heteroatoms. The van der Waals surface area contributed by atoms with Gasteiger partial charge in [-0.05, 0) is 18.9 Å². The fourth-order valence-electron chi connectivity index (χ4n) is 3.78. The van der Waals surface area contributed by atoms with Crippen molar-refractivity contribution in [1.82, 2.24) is 9.55 Å². The van der Waals surface area contributed by atoms with Gasteiger partial charge in [0, 0.05) is 19.0 Å². The highest BCUT2D eigenvalue weighted by Gasteiger charge is 2.58. The third kappa shape index (κ3) is 7.66. The summed E-state index contributed by atoms with van der Waals surface area (Å²) in [6, 6.07) is 1.40. The van der Waals surface area contributed by atoms with E-state index in [0.717, 1.165) is 30.3 Å². The minimum Gasteiger partial charge on any atom is -0.462 e. The molecule has 34 heavy (non-hydrogen) atoms. The molecule has 0 bridgehead atoms. The molecule has 0 unspecified atom stereocenters. The lowest BCUT2D eigenvalue weighted by molar-refractivity contribution is -0.172. The summed E-state index contributed by atoms with van der Waals surface area (Å²) in [7, 11) is 0. The molecular weight excluding hydrogens is 469 g/mol. The number of nitrogen functional groups attached to an aromatic ring is 1. The van der Waals surface area contributed by atoms with Gasteiger partial charge in [0.05, 0.1) is 12.4 Å². The van der Waals surface area contributed by atoms with Gasteiger partial charge >= 0.3 is 17.6 Å². The highest BCUT2D eigenvalue weighted by molar-refractivity contribution is 6.18. The Kier molecular flexibility index (Phi) is 11.2. The van der Waals surface area contributed by atoms with Crippen LogP contribution in [-0.2, 0) is 30.3 Å². The van der Waals surface area contributed by atoms with E-state index in [0.29, 0.717) is 12.8 Å². The van der Waals surface area contributed by atoms with Gasteiger partial charge < -0.3 is 19.9 Å². The summed E-state index contributed by atoms with van der Waals surface area (Å²) < 4.78 is 33.5. The first kappa shape index (κ1) is 28.0. The first-order valence-corrected chi connectivity index (χ1v) is 12.4. The zero-order chi connectivity index (χ0) is 25.1. The number of alkyl halides is 2. The molecule has 9 nitrogen and oxygen atoms in total. The van der Waals surface area contributed by atoms with Crippen molar-refractivity contribution >= 4 is 29.4 Å². The zero-order valence-electron chi connectivity index (χ0n) is 19.8. The second kappa shape index (κ2) is 13.6. The van der Waals surface area contributed by atoms with Crippen LogP contribution >= 0.6 is 11.6 Å². The van der Waals surface area contributed by atoms with Crippen LogP contribution in [0.2, 0.25) is 0 Å². The molecule has 0 spiro atoms. The number of ether oxygens (including phenoxy) is 3. The first-order valence-electron chi connectivity index (χ1n) is 11.8. The Morgan fingerprint density at radius 3 is 2.44 bits per heavy atom. The molecule has 0 aliphatic carbocycles. The van der Waals surface area contributed by atoms with Crippen LogP contribution in [-0.4, -0.2) is 58.0 Å². The van der Waals surface area contributed by atoms with Crippen LogP contribution < -0.4 is 11.4 Å². The predicted molar refractivity (Wildman–Crippen MR) is 125 cm³/mol. The van der Waals surface area contributed by atoms with Gasteiger partial charge in [0.25, 0.3) is 0 Å². The maximum atomic E-state index is 15.6. The molecule has 2 N–H and O–H groups in total. The number of nitrogens with zero attached hydrogens (tertiary/aromatic N) is 2. The standard InChI is InChI=1S/C23H35ClFN3O6/c1-3-5-7-9-18(29)32-15-23(14-24)21(33-19(30)10-8-6-4-2)20(25)16(34-23)13-28-12-11-17(26)27-22(28)31/h11-12,16,20-21H,3-10,13-15H2,1-2H3,(H2,26,27,31)/t16-,20-,21-,23+/m0/s1. The molecule has 0 radical (unpaired) electrons. The summed E-state index contributed by atoms with van der Waals surface area (Å²) >= 11 is 6.19. The van der Waals surface area contributed by atoms with Crippen molar-refractivity contribution in [2.24, 2.45) is 0 Å². The zero-order valence-corrected chi connectivity index (χ0v) is 20.6. The molecule has 0 amide bonds. The number of rotatable bonds is 14. The summed E-state index contributed by atoms with van der Waals surface area (Å²) in [5.41, 5.74) is 3.25. The number of aromatic nitrogens is 2. The fraction of sp³-hybridized carbons (Fsp3) is 0.739. The average Bonchev–Trinajstić information content (AvgIpc) is 3.06.